The van der Waals surface area contributed by atoms with Gasteiger partial charge in [-0.05, 0) is 49.0 Å². The van der Waals surface area contributed by atoms with E-state index in [9.17, 15) is 59.3 Å². The Morgan fingerprint density at radius 2 is 1.56 bits per heavy atom. The summed E-state index contributed by atoms with van der Waals surface area (Å²) < 4.78 is 119. The third-order valence-electron chi connectivity index (χ3n) is 5.36. The molecule has 1 atom stereocenters. The summed E-state index contributed by atoms with van der Waals surface area (Å²) in [6.45, 7) is 0.588. The topological polar surface area (TPSA) is 157 Å². The number of nitrogens with zero attached hydrogens (tertiary/aromatic N) is 1. The molecule has 0 aromatic heterocycles. The van der Waals surface area contributed by atoms with Gasteiger partial charge in [-0.3, -0.25) is 9.59 Å². The van der Waals surface area contributed by atoms with E-state index in [4.69, 9.17) is 0 Å². The first-order valence-corrected chi connectivity index (χ1v) is 14.1. The third-order valence-corrected chi connectivity index (χ3v) is 8.26. The lowest BCUT2D eigenvalue weighted by atomic mass is 9.79. The molecule has 0 aliphatic carbocycles. The van der Waals surface area contributed by atoms with Crippen LogP contribution in [-0.4, -0.2) is 55.8 Å². The second kappa shape index (κ2) is 13.8. The number of halogens is 6. The van der Waals surface area contributed by atoms with Crippen LogP contribution in [-0.2, 0) is 43.1 Å². The maximum Gasteiger partial charge on any atom is 0.488 e. The van der Waals surface area contributed by atoms with Crippen molar-refractivity contribution in [2.75, 3.05) is 13.1 Å². The van der Waals surface area contributed by atoms with Gasteiger partial charge in [0.1, 0.15) is 22.6 Å². The molecule has 2 rings (SSSR count). The van der Waals surface area contributed by atoms with E-state index in [-0.39, 0.29) is 18.7 Å². The van der Waals surface area contributed by atoms with Crippen molar-refractivity contribution in [2.45, 2.75) is 46.8 Å². The van der Waals surface area contributed by atoms with E-state index in [1.54, 1.807) is 13.0 Å². The zero-order valence-corrected chi connectivity index (χ0v) is 22.7. The Kier molecular flexibility index (Phi) is 11.6. The molecule has 224 valence electrons. The molecule has 5 N–H and O–H groups in total. The lowest BCUT2D eigenvalue weighted by Crippen LogP contribution is -2.32. The Hall–Kier alpha value is -2.90. The van der Waals surface area contributed by atoms with Crippen LogP contribution in [0.25, 0.3) is 0 Å². The van der Waals surface area contributed by atoms with Crippen LogP contribution in [0.2, 0.25) is 0 Å². The summed E-state index contributed by atoms with van der Waals surface area (Å²) in [5.41, 5.74) is -3.45. The van der Waals surface area contributed by atoms with Gasteiger partial charge < -0.3 is 15.4 Å². The predicted octanol–water partition coefficient (Wildman–Crippen LogP) is 3.25. The third kappa shape index (κ3) is 9.58. The Bertz CT molecular complexity index is 1350. The number of hydrogen-bond donors (Lipinski definition) is 5. The molecule has 1 unspecified atom stereocenters. The van der Waals surface area contributed by atoms with Crippen molar-refractivity contribution in [3.05, 3.63) is 59.2 Å². The number of allylic oxidation sites excluding steroid dienone is 2. The monoisotopic (exact) mass is 629 g/mol. The highest BCUT2D eigenvalue weighted by Crippen LogP contribution is 2.36. The van der Waals surface area contributed by atoms with Gasteiger partial charge in [0.15, 0.2) is 0 Å². The molecular formula is C23H24BF6N2O7S2+. The molecule has 0 fully saturated rings. The summed E-state index contributed by atoms with van der Waals surface area (Å²) >= 11 is -2.81. The minimum atomic E-state index is -5.13. The standard InChI is InChI=1S/C23H23BF6N2O7S2/c1-14(13-33)4-2-3-5-31-21(34)12-32-41(39,19-8-15(22(25,26)27)6-17(10-19)24(35)36)20-9-16(23(28,29)30)7-18(11-20)40(37)38/h4,6-11,13,35-38H,2-3,5,12H2,1H3/p+1. The second-order valence-corrected chi connectivity index (χ2v) is 11.7. The molecule has 1 amide bonds. The number of unbranched alkanes of at least 4 members (excludes halogenated alkanes) is 1. The lowest BCUT2D eigenvalue weighted by Gasteiger charge is -2.17. The molecule has 0 heterocycles. The van der Waals surface area contributed by atoms with Gasteiger partial charge in [0, 0.05) is 18.7 Å². The van der Waals surface area contributed by atoms with E-state index in [0.29, 0.717) is 49.0 Å². The lowest BCUT2D eigenvalue weighted by molar-refractivity contribution is -0.138. The number of nitrogens with one attached hydrogen (secondary N) is 1. The van der Waals surface area contributed by atoms with Crippen LogP contribution >= 0.6 is 0 Å². The smallest absolute Gasteiger partial charge is 0.423 e. The number of alkyl halides is 6. The summed E-state index contributed by atoms with van der Waals surface area (Å²) in [5.74, 6) is -0.903. The van der Waals surface area contributed by atoms with Crippen molar-refractivity contribution in [3.63, 3.8) is 0 Å². The normalized spacial score (nSPS) is 14.0. The molecule has 18 heteroatoms. The molecule has 0 bridgehead atoms. The fraction of sp³-hybridized carbons (Fsp3) is 0.304. The number of benzene rings is 2. The van der Waals surface area contributed by atoms with E-state index in [2.05, 4.69) is 9.68 Å². The first kappa shape index (κ1) is 34.3. The number of carbonyl (C=O) groups excluding carboxylic acids is 2. The molecule has 0 aliphatic heterocycles. The van der Waals surface area contributed by atoms with Crippen molar-refractivity contribution < 1.29 is 59.3 Å². The summed E-state index contributed by atoms with van der Waals surface area (Å²) in [6.07, 6.45) is -7.29. The second-order valence-electron chi connectivity index (χ2n) is 8.49. The first-order chi connectivity index (χ1) is 18.9. The molecule has 0 aliphatic rings. The van der Waals surface area contributed by atoms with Crippen molar-refractivity contribution in [3.8, 4) is 0 Å². The zero-order valence-electron chi connectivity index (χ0n) is 21.1. The van der Waals surface area contributed by atoms with E-state index < -0.39 is 84.4 Å². The quantitative estimate of drug-likeness (QED) is 0.0638. The number of amides is 1. The largest absolute Gasteiger partial charge is 0.488 e. The Balaban J connectivity index is 2.71. The Labute approximate surface area is 234 Å². The Morgan fingerprint density at radius 1 is 1.00 bits per heavy atom. The predicted molar refractivity (Wildman–Crippen MR) is 138 cm³/mol. The van der Waals surface area contributed by atoms with Gasteiger partial charge in [0.05, 0.1) is 20.9 Å². The van der Waals surface area contributed by atoms with Gasteiger partial charge in [-0.1, -0.05) is 12.1 Å². The summed E-state index contributed by atoms with van der Waals surface area (Å²) in [7, 11) is -7.11. The van der Waals surface area contributed by atoms with Gasteiger partial charge in [-0.15, -0.1) is 0 Å². The van der Waals surface area contributed by atoms with Crippen LogP contribution in [0.4, 0.5) is 26.3 Å². The number of rotatable bonds is 11. The molecule has 41 heavy (non-hydrogen) atoms. The van der Waals surface area contributed by atoms with E-state index in [1.807, 2.05) is 0 Å². The molecule has 0 saturated carbocycles. The fourth-order valence-corrected chi connectivity index (χ4v) is 5.86. The maximum atomic E-state index is 14.2. The molecular weight excluding hydrogens is 605 g/mol. The van der Waals surface area contributed by atoms with Crippen LogP contribution in [0.1, 0.15) is 30.9 Å². The van der Waals surface area contributed by atoms with E-state index >= 15 is 0 Å². The fourth-order valence-electron chi connectivity index (χ4n) is 3.29. The van der Waals surface area contributed by atoms with Crippen LogP contribution in [0.3, 0.4) is 0 Å². The van der Waals surface area contributed by atoms with Gasteiger partial charge >= 0.3 is 30.9 Å². The summed E-state index contributed by atoms with van der Waals surface area (Å²) in [6, 6.07) is 2.43. The van der Waals surface area contributed by atoms with Crippen LogP contribution < -0.4 is 10.8 Å². The van der Waals surface area contributed by atoms with Crippen molar-refractivity contribution in [1.29, 1.82) is 0 Å². The maximum absolute atomic E-state index is 14.2. The minimum absolute atomic E-state index is 0.0358. The zero-order chi connectivity index (χ0) is 31.2. The number of carbonyl (C=O) groups is 2. The highest BCUT2D eigenvalue weighted by Gasteiger charge is 2.37. The Morgan fingerprint density at radius 3 is 2.07 bits per heavy atom. The summed E-state index contributed by atoms with van der Waals surface area (Å²) in [4.78, 5) is 20.4. The van der Waals surface area contributed by atoms with Crippen molar-refractivity contribution in [1.82, 2.24) is 5.32 Å². The van der Waals surface area contributed by atoms with Crippen LogP contribution in [0, 0.1) is 0 Å². The van der Waals surface area contributed by atoms with Gasteiger partial charge in [0.2, 0.25) is 10.8 Å². The average Bonchev–Trinajstić information content (AvgIpc) is 2.89. The molecule has 0 saturated heterocycles. The SMILES string of the molecule is CC(C=O)=CCCCNC(=O)CN=S(=O)(c1cc(B(O)O)cc(C(F)(F)F)c1)c1cc([S+](O)O)cc(C(F)(F)F)c1. The minimum Gasteiger partial charge on any atom is -0.423 e. The molecule has 2 aromatic rings. The first-order valence-electron chi connectivity index (χ1n) is 11.4. The number of hydrogen-bond acceptors (Lipinski definition) is 8. The van der Waals surface area contributed by atoms with Crippen LogP contribution in [0.15, 0.2) is 67.1 Å². The van der Waals surface area contributed by atoms with Gasteiger partial charge in [0.25, 0.3) is 0 Å². The highest BCUT2D eigenvalue weighted by atomic mass is 32.2. The van der Waals surface area contributed by atoms with Gasteiger partial charge in [-0.2, -0.15) is 35.4 Å². The number of aldehydes is 1. The summed E-state index contributed by atoms with van der Waals surface area (Å²) in [5, 5.41) is 21.4. The van der Waals surface area contributed by atoms with Crippen molar-refractivity contribution >= 4 is 46.0 Å². The van der Waals surface area contributed by atoms with Crippen molar-refractivity contribution in [2.24, 2.45) is 4.36 Å². The molecule has 2 aromatic carbocycles. The molecule has 9 nitrogen and oxygen atoms in total. The van der Waals surface area contributed by atoms with Gasteiger partial charge in [-0.25, -0.2) is 8.57 Å². The van der Waals surface area contributed by atoms with E-state index in [1.165, 1.54) is 0 Å². The molecule has 0 spiro atoms. The van der Waals surface area contributed by atoms with E-state index in [0.717, 1.165) is 0 Å². The highest BCUT2D eigenvalue weighted by molar-refractivity contribution is 7.93. The average molecular weight is 629 g/mol. The molecule has 0 radical (unpaired) electrons. The van der Waals surface area contributed by atoms with Crippen LogP contribution in [0.5, 0.6) is 0 Å².